The van der Waals surface area contributed by atoms with Crippen molar-refractivity contribution in [2.75, 3.05) is 0 Å². The molecule has 0 N–H and O–H groups in total. The molecule has 0 aliphatic carbocycles. The number of carbonyl (C=O) groups excluding carboxylic acids is 1. The molecule has 0 aliphatic rings. The summed E-state index contributed by atoms with van der Waals surface area (Å²) in [4.78, 5) is 17.7. The van der Waals surface area contributed by atoms with Crippen LogP contribution >= 0.6 is 0 Å². The van der Waals surface area contributed by atoms with Crippen LogP contribution in [0.3, 0.4) is 0 Å². The van der Waals surface area contributed by atoms with Crippen LogP contribution in [0.5, 0.6) is 0 Å². The Labute approximate surface area is 107 Å². The number of amides is 1. The number of hydrogen-bond donors (Lipinski definition) is 0. The molecule has 3 nitrogen and oxygen atoms in total. The van der Waals surface area contributed by atoms with Crippen LogP contribution < -0.4 is 0 Å². The molecule has 0 atom stereocenters. The van der Waals surface area contributed by atoms with Crippen molar-refractivity contribution in [2.45, 2.75) is 20.0 Å². The maximum absolute atomic E-state index is 11.7. The van der Waals surface area contributed by atoms with Crippen molar-refractivity contribution in [3.63, 3.8) is 0 Å². The van der Waals surface area contributed by atoms with Crippen LogP contribution in [0.4, 0.5) is 0 Å². The first kappa shape index (κ1) is 12.3. The van der Waals surface area contributed by atoms with Crippen molar-refractivity contribution in [3.8, 4) is 0 Å². The minimum atomic E-state index is 0.0597. The predicted octanol–water partition coefficient (Wildman–Crippen LogP) is 2.63. The van der Waals surface area contributed by atoms with Gasteiger partial charge in [-0.25, -0.2) is 0 Å². The van der Waals surface area contributed by atoms with E-state index in [0.717, 1.165) is 11.3 Å². The largest absolute Gasteiger partial charge is 0.333 e. The molecule has 0 radical (unpaired) electrons. The molecule has 0 saturated heterocycles. The topological polar surface area (TPSA) is 33.2 Å². The van der Waals surface area contributed by atoms with Crippen LogP contribution in [0.25, 0.3) is 0 Å². The lowest BCUT2D eigenvalue weighted by atomic mass is 10.2. The highest BCUT2D eigenvalue weighted by atomic mass is 16.2. The summed E-state index contributed by atoms with van der Waals surface area (Å²) in [6, 6.07) is 15.7. The number of benzene rings is 1. The summed E-state index contributed by atoms with van der Waals surface area (Å²) in [6.07, 6.45) is 1.75. The van der Waals surface area contributed by atoms with E-state index in [4.69, 9.17) is 0 Å². The highest BCUT2D eigenvalue weighted by Crippen LogP contribution is 2.08. The van der Waals surface area contributed by atoms with Crippen LogP contribution in [0.1, 0.15) is 18.2 Å². The molecule has 18 heavy (non-hydrogen) atoms. The third-order valence-corrected chi connectivity index (χ3v) is 2.74. The van der Waals surface area contributed by atoms with Gasteiger partial charge >= 0.3 is 0 Å². The molecular weight excluding hydrogens is 224 g/mol. The molecule has 2 aromatic rings. The monoisotopic (exact) mass is 240 g/mol. The molecule has 0 saturated carbocycles. The summed E-state index contributed by atoms with van der Waals surface area (Å²) < 4.78 is 0. The first-order valence-corrected chi connectivity index (χ1v) is 5.95. The number of rotatable bonds is 4. The molecule has 3 heteroatoms. The molecule has 0 unspecified atom stereocenters. The van der Waals surface area contributed by atoms with Gasteiger partial charge in [-0.2, -0.15) is 0 Å². The van der Waals surface area contributed by atoms with Crippen molar-refractivity contribution < 1.29 is 4.79 Å². The highest BCUT2D eigenvalue weighted by molar-refractivity contribution is 5.73. The Bertz CT molecular complexity index is 455. The molecule has 92 valence electrons. The summed E-state index contributed by atoms with van der Waals surface area (Å²) in [6.45, 7) is 2.75. The first-order chi connectivity index (χ1) is 8.75. The fourth-order valence-electron chi connectivity index (χ4n) is 1.77. The van der Waals surface area contributed by atoms with Crippen LogP contribution in [0.2, 0.25) is 0 Å². The third kappa shape index (κ3) is 3.42. The molecule has 0 fully saturated rings. The molecular formula is C15H16N2O. The Balaban J connectivity index is 2.08. The Morgan fingerprint density at radius 2 is 1.78 bits per heavy atom. The SMILES string of the molecule is CC(=O)N(Cc1ccccc1)Cc1ccccn1. The zero-order chi connectivity index (χ0) is 12.8. The molecule has 1 amide bonds. The van der Waals surface area contributed by atoms with Gasteiger partial charge in [0.15, 0.2) is 0 Å². The second-order valence-corrected chi connectivity index (χ2v) is 4.18. The van der Waals surface area contributed by atoms with E-state index in [-0.39, 0.29) is 5.91 Å². The third-order valence-electron chi connectivity index (χ3n) is 2.74. The lowest BCUT2D eigenvalue weighted by Gasteiger charge is -2.20. The van der Waals surface area contributed by atoms with E-state index in [1.807, 2.05) is 48.5 Å². The molecule has 0 spiro atoms. The average molecular weight is 240 g/mol. The van der Waals surface area contributed by atoms with E-state index < -0.39 is 0 Å². The number of aromatic nitrogens is 1. The predicted molar refractivity (Wildman–Crippen MR) is 70.6 cm³/mol. The molecule has 1 aromatic carbocycles. The summed E-state index contributed by atoms with van der Waals surface area (Å²) in [5.41, 5.74) is 2.03. The average Bonchev–Trinajstić information content (AvgIpc) is 2.40. The summed E-state index contributed by atoms with van der Waals surface area (Å²) in [5.74, 6) is 0.0597. The van der Waals surface area contributed by atoms with Crippen LogP contribution in [0.15, 0.2) is 54.7 Å². The van der Waals surface area contributed by atoms with Gasteiger partial charge in [-0.15, -0.1) is 0 Å². The van der Waals surface area contributed by atoms with Crippen LogP contribution in [-0.2, 0) is 17.9 Å². The summed E-state index contributed by atoms with van der Waals surface area (Å²) in [5, 5.41) is 0. The van der Waals surface area contributed by atoms with E-state index in [1.165, 1.54) is 0 Å². The van der Waals surface area contributed by atoms with Gasteiger partial charge in [0.2, 0.25) is 5.91 Å². The second kappa shape index (κ2) is 5.96. The molecule has 2 rings (SSSR count). The normalized spacial score (nSPS) is 10.1. The van der Waals surface area contributed by atoms with E-state index >= 15 is 0 Å². The Kier molecular flexibility index (Phi) is 4.07. The molecule has 0 bridgehead atoms. The summed E-state index contributed by atoms with van der Waals surface area (Å²) in [7, 11) is 0. The molecule has 1 heterocycles. The Hall–Kier alpha value is -2.16. The van der Waals surface area contributed by atoms with Gasteiger partial charge in [0.05, 0.1) is 12.2 Å². The fraction of sp³-hybridized carbons (Fsp3) is 0.200. The zero-order valence-corrected chi connectivity index (χ0v) is 10.4. The Morgan fingerprint density at radius 1 is 1.06 bits per heavy atom. The summed E-state index contributed by atoms with van der Waals surface area (Å²) >= 11 is 0. The fourth-order valence-corrected chi connectivity index (χ4v) is 1.77. The van der Waals surface area contributed by atoms with Crippen molar-refractivity contribution in [1.82, 2.24) is 9.88 Å². The van der Waals surface area contributed by atoms with E-state index in [2.05, 4.69) is 4.98 Å². The van der Waals surface area contributed by atoms with Gasteiger partial charge in [-0.1, -0.05) is 36.4 Å². The quantitative estimate of drug-likeness (QED) is 0.823. The minimum absolute atomic E-state index is 0.0597. The zero-order valence-electron chi connectivity index (χ0n) is 10.4. The molecule has 0 aliphatic heterocycles. The van der Waals surface area contributed by atoms with Gasteiger partial charge in [-0.3, -0.25) is 9.78 Å². The maximum atomic E-state index is 11.7. The smallest absolute Gasteiger partial charge is 0.220 e. The van der Waals surface area contributed by atoms with Crippen molar-refractivity contribution in [2.24, 2.45) is 0 Å². The van der Waals surface area contributed by atoms with Gasteiger partial charge in [0.25, 0.3) is 0 Å². The lowest BCUT2D eigenvalue weighted by molar-refractivity contribution is -0.130. The maximum Gasteiger partial charge on any atom is 0.220 e. The minimum Gasteiger partial charge on any atom is -0.333 e. The van der Waals surface area contributed by atoms with Crippen LogP contribution in [-0.4, -0.2) is 15.8 Å². The number of nitrogens with zero attached hydrogens (tertiary/aromatic N) is 2. The van der Waals surface area contributed by atoms with E-state index in [9.17, 15) is 4.79 Å². The lowest BCUT2D eigenvalue weighted by Crippen LogP contribution is -2.28. The van der Waals surface area contributed by atoms with Gasteiger partial charge in [0, 0.05) is 19.7 Å². The number of carbonyl (C=O) groups is 1. The number of hydrogen-bond acceptors (Lipinski definition) is 2. The van der Waals surface area contributed by atoms with Crippen molar-refractivity contribution >= 4 is 5.91 Å². The van der Waals surface area contributed by atoms with Gasteiger partial charge < -0.3 is 4.90 Å². The number of pyridine rings is 1. The van der Waals surface area contributed by atoms with Gasteiger partial charge in [0.1, 0.15) is 0 Å². The van der Waals surface area contributed by atoms with Crippen LogP contribution in [0, 0.1) is 0 Å². The van der Waals surface area contributed by atoms with Gasteiger partial charge in [-0.05, 0) is 17.7 Å². The Morgan fingerprint density at radius 3 is 2.39 bits per heavy atom. The van der Waals surface area contributed by atoms with Crippen molar-refractivity contribution in [1.29, 1.82) is 0 Å². The molecule has 1 aromatic heterocycles. The standard InChI is InChI=1S/C15H16N2O/c1-13(18)17(11-14-7-3-2-4-8-14)12-15-9-5-6-10-16-15/h2-10H,11-12H2,1H3. The highest BCUT2D eigenvalue weighted by Gasteiger charge is 2.10. The van der Waals surface area contributed by atoms with E-state index in [1.54, 1.807) is 18.0 Å². The first-order valence-electron chi connectivity index (χ1n) is 5.95. The second-order valence-electron chi connectivity index (χ2n) is 4.18. The van der Waals surface area contributed by atoms with Crippen molar-refractivity contribution in [3.05, 3.63) is 66.0 Å². The van der Waals surface area contributed by atoms with E-state index in [0.29, 0.717) is 13.1 Å².